The van der Waals surface area contributed by atoms with E-state index in [1.54, 1.807) is 7.11 Å². The molecule has 0 saturated heterocycles. The summed E-state index contributed by atoms with van der Waals surface area (Å²) in [6, 6.07) is 17.9. The number of rotatable bonds is 3. The number of aromatic amines is 1. The standard InChI is InChI=1S/C19H15BrN4O/c1-25-14-8-4-11(5-9-14)15-10-16(12-2-6-13(20)7-3-12)22-19-17(15)18(21)23-24-19/h2-10H,1H3,(H3,21,22,23,24). The fourth-order valence-electron chi connectivity index (χ4n) is 2.81. The van der Waals surface area contributed by atoms with Crippen LogP contribution in [-0.2, 0) is 0 Å². The zero-order chi connectivity index (χ0) is 17.4. The Bertz CT molecular complexity index is 1040. The van der Waals surface area contributed by atoms with Gasteiger partial charge in [-0.1, -0.05) is 40.2 Å². The number of anilines is 1. The maximum atomic E-state index is 6.09. The number of nitrogens with zero attached hydrogens (tertiary/aromatic N) is 2. The molecule has 0 aliphatic rings. The van der Waals surface area contributed by atoms with Gasteiger partial charge in [-0.25, -0.2) is 4.98 Å². The molecule has 0 radical (unpaired) electrons. The van der Waals surface area contributed by atoms with E-state index in [4.69, 9.17) is 10.5 Å². The summed E-state index contributed by atoms with van der Waals surface area (Å²) in [5.41, 5.74) is 10.6. The SMILES string of the molecule is COc1ccc(-c2cc(-c3ccc(Br)cc3)nc3n[nH]c(N)c23)cc1. The number of H-pyrrole nitrogens is 1. The lowest BCUT2D eigenvalue weighted by molar-refractivity contribution is 0.415. The molecule has 6 heteroatoms. The van der Waals surface area contributed by atoms with Crippen LogP contribution in [0.15, 0.2) is 59.1 Å². The average Bonchev–Trinajstić information content (AvgIpc) is 3.03. The van der Waals surface area contributed by atoms with Crippen molar-refractivity contribution in [3.05, 3.63) is 59.1 Å². The van der Waals surface area contributed by atoms with Crippen molar-refractivity contribution in [1.82, 2.24) is 15.2 Å². The van der Waals surface area contributed by atoms with Crippen LogP contribution in [0.5, 0.6) is 5.75 Å². The number of benzene rings is 2. The smallest absolute Gasteiger partial charge is 0.184 e. The van der Waals surface area contributed by atoms with E-state index in [2.05, 4.69) is 31.1 Å². The first-order valence-electron chi connectivity index (χ1n) is 7.70. The minimum absolute atomic E-state index is 0.510. The Morgan fingerprint density at radius 3 is 2.36 bits per heavy atom. The van der Waals surface area contributed by atoms with Gasteiger partial charge in [-0.15, -0.1) is 0 Å². The normalized spacial score (nSPS) is 11.0. The second-order valence-corrected chi connectivity index (χ2v) is 6.54. The van der Waals surface area contributed by atoms with Gasteiger partial charge in [-0.2, -0.15) is 5.10 Å². The summed E-state index contributed by atoms with van der Waals surface area (Å²) in [6.45, 7) is 0. The third kappa shape index (κ3) is 2.85. The van der Waals surface area contributed by atoms with Crippen LogP contribution in [0.2, 0.25) is 0 Å². The van der Waals surface area contributed by atoms with Gasteiger partial charge in [0.1, 0.15) is 11.6 Å². The topological polar surface area (TPSA) is 76.8 Å². The number of pyridine rings is 1. The maximum absolute atomic E-state index is 6.09. The van der Waals surface area contributed by atoms with E-state index >= 15 is 0 Å². The van der Waals surface area contributed by atoms with Gasteiger partial charge in [0.25, 0.3) is 0 Å². The Hall–Kier alpha value is -2.86. The van der Waals surface area contributed by atoms with Gasteiger partial charge in [0.05, 0.1) is 18.2 Å². The number of nitrogens with two attached hydrogens (primary N) is 1. The van der Waals surface area contributed by atoms with Gasteiger partial charge in [-0.05, 0) is 41.5 Å². The van der Waals surface area contributed by atoms with Crippen LogP contribution in [0.25, 0.3) is 33.4 Å². The van der Waals surface area contributed by atoms with Crippen LogP contribution < -0.4 is 10.5 Å². The number of halogens is 1. The number of methoxy groups -OCH3 is 1. The van der Waals surface area contributed by atoms with Gasteiger partial charge in [0, 0.05) is 10.0 Å². The number of hydrogen-bond donors (Lipinski definition) is 2. The fourth-order valence-corrected chi connectivity index (χ4v) is 3.08. The lowest BCUT2D eigenvalue weighted by Gasteiger charge is -2.09. The molecule has 124 valence electrons. The quantitative estimate of drug-likeness (QED) is 0.530. The Morgan fingerprint density at radius 1 is 1.00 bits per heavy atom. The van der Waals surface area contributed by atoms with E-state index in [0.29, 0.717) is 11.5 Å². The lowest BCUT2D eigenvalue weighted by atomic mass is 10.00. The third-order valence-electron chi connectivity index (χ3n) is 4.09. The molecule has 4 rings (SSSR count). The van der Waals surface area contributed by atoms with Gasteiger partial charge >= 0.3 is 0 Å². The third-order valence-corrected chi connectivity index (χ3v) is 4.62. The molecule has 2 aromatic carbocycles. The molecular formula is C19H15BrN4O. The Balaban J connectivity index is 1.94. The highest BCUT2D eigenvalue weighted by Gasteiger charge is 2.14. The van der Waals surface area contributed by atoms with Crippen LogP contribution in [0.3, 0.4) is 0 Å². The Morgan fingerprint density at radius 2 is 1.68 bits per heavy atom. The van der Waals surface area contributed by atoms with Gasteiger partial charge in [0.15, 0.2) is 5.65 Å². The molecule has 25 heavy (non-hydrogen) atoms. The van der Waals surface area contributed by atoms with Crippen molar-refractivity contribution in [2.45, 2.75) is 0 Å². The zero-order valence-corrected chi connectivity index (χ0v) is 15.0. The molecule has 3 N–H and O–H groups in total. The van der Waals surface area contributed by atoms with E-state index in [1.165, 1.54) is 0 Å². The van der Waals surface area contributed by atoms with E-state index in [0.717, 1.165) is 38.0 Å². The fraction of sp³-hybridized carbons (Fsp3) is 0.0526. The van der Waals surface area contributed by atoms with Crippen molar-refractivity contribution >= 4 is 32.8 Å². The number of hydrogen-bond acceptors (Lipinski definition) is 4. The first-order valence-corrected chi connectivity index (χ1v) is 8.50. The monoisotopic (exact) mass is 394 g/mol. The molecule has 5 nitrogen and oxygen atoms in total. The molecule has 0 unspecified atom stereocenters. The van der Waals surface area contributed by atoms with Gasteiger partial charge < -0.3 is 10.5 Å². The van der Waals surface area contributed by atoms with Gasteiger partial charge in [0.2, 0.25) is 0 Å². The summed E-state index contributed by atoms with van der Waals surface area (Å²) in [5, 5.41) is 7.90. The van der Waals surface area contributed by atoms with Crippen molar-refractivity contribution in [3.63, 3.8) is 0 Å². The highest BCUT2D eigenvalue weighted by molar-refractivity contribution is 9.10. The highest BCUT2D eigenvalue weighted by Crippen LogP contribution is 2.34. The summed E-state index contributed by atoms with van der Waals surface area (Å²) >= 11 is 3.46. The van der Waals surface area contributed by atoms with Crippen LogP contribution in [-0.4, -0.2) is 22.3 Å². The van der Waals surface area contributed by atoms with Crippen molar-refractivity contribution < 1.29 is 4.74 Å². The molecule has 0 amide bonds. The summed E-state index contributed by atoms with van der Waals surface area (Å²) < 4.78 is 6.27. The maximum Gasteiger partial charge on any atom is 0.184 e. The van der Waals surface area contributed by atoms with E-state index in [-0.39, 0.29) is 0 Å². The largest absolute Gasteiger partial charge is 0.497 e. The second-order valence-electron chi connectivity index (χ2n) is 5.63. The van der Waals surface area contributed by atoms with Crippen molar-refractivity contribution in [2.24, 2.45) is 0 Å². The molecule has 0 spiro atoms. The van der Waals surface area contributed by atoms with Crippen molar-refractivity contribution in [1.29, 1.82) is 0 Å². The number of aromatic nitrogens is 3. The summed E-state index contributed by atoms with van der Waals surface area (Å²) in [7, 11) is 1.65. The first-order chi connectivity index (χ1) is 12.2. The number of ether oxygens (including phenoxy) is 1. The van der Waals surface area contributed by atoms with E-state index in [1.807, 2.05) is 54.6 Å². The molecule has 0 fully saturated rings. The van der Waals surface area contributed by atoms with Crippen molar-refractivity contribution in [2.75, 3.05) is 12.8 Å². The molecule has 0 aliphatic carbocycles. The summed E-state index contributed by atoms with van der Waals surface area (Å²) in [4.78, 5) is 4.65. The Labute approximate surface area is 153 Å². The molecule has 0 saturated carbocycles. The molecular weight excluding hydrogens is 380 g/mol. The molecule has 0 atom stereocenters. The lowest BCUT2D eigenvalue weighted by Crippen LogP contribution is -1.91. The van der Waals surface area contributed by atoms with Crippen LogP contribution in [0.4, 0.5) is 5.82 Å². The molecule has 0 aliphatic heterocycles. The minimum atomic E-state index is 0.510. The molecule has 4 aromatic rings. The average molecular weight is 395 g/mol. The van der Waals surface area contributed by atoms with E-state index < -0.39 is 0 Å². The molecule has 2 heterocycles. The molecule has 2 aromatic heterocycles. The predicted molar refractivity (Wildman–Crippen MR) is 103 cm³/mol. The predicted octanol–water partition coefficient (Wildman–Crippen LogP) is 4.65. The number of fused-ring (bicyclic) bond motifs is 1. The first kappa shape index (κ1) is 15.7. The zero-order valence-electron chi connectivity index (χ0n) is 13.5. The van der Waals surface area contributed by atoms with E-state index in [9.17, 15) is 0 Å². The Kier molecular flexibility index (Phi) is 3.89. The van der Waals surface area contributed by atoms with Crippen LogP contribution >= 0.6 is 15.9 Å². The summed E-state index contributed by atoms with van der Waals surface area (Å²) in [5.74, 6) is 1.32. The minimum Gasteiger partial charge on any atom is -0.497 e. The summed E-state index contributed by atoms with van der Waals surface area (Å²) in [6.07, 6.45) is 0. The van der Waals surface area contributed by atoms with Crippen LogP contribution in [0.1, 0.15) is 0 Å². The number of nitrogen functional groups attached to an aromatic ring is 1. The second kappa shape index (κ2) is 6.22. The molecule has 0 bridgehead atoms. The number of nitrogens with one attached hydrogen (secondary N) is 1. The highest BCUT2D eigenvalue weighted by atomic mass is 79.9. The van der Waals surface area contributed by atoms with Crippen LogP contribution in [0, 0.1) is 0 Å². The van der Waals surface area contributed by atoms with Crippen molar-refractivity contribution in [3.8, 4) is 28.1 Å². The van der Waals surface area contributed by atoms with Gasteiger partial charge in [-0.3, -0.25) is 5.10 Å².